The van der Waals surface area contributed by atoms with Crippen LogP contribution < -0.4 is 9.80 Å². The highest BCUT2D eigenvalue weighted by atomic mass is 16.1. The largest absolute Gasteiger partial charge is 0.356 e. The third kappa shape index (κ3) is 2.80. The number of hydrogen-bond acceptors (Lipinski definition) is 6. The maximum absolute atomic E-state index is 13.0. The smallest absolute Gasteiger partial charge is 0.227 e. The maximum atomic E-state index is 13.0. The Morgan fingerprint density at radius 3 is 1.96 bits per heavy atom. The van der Waals surface area contributed by atoms with Crippen LogP contribution in [0.25, 0.3) is 0 Å². The Balaban J connectivity index is 1.40. The van der Waals surface area contributed by atoms with Crippen molar-refractivity contribution in [2.75, 3.05) is 36.0 Å². The fraction of sp³-hybridized carbons (Fsp3) is 0.364. The maximum Gasteiger partial charge on any atom is 0.227 e. The fourth-order valence-electron chi connectivity index (χ4n) is 4.43. The molecule has 28 heavy (non-hydrogen) atoms. The third-order valence-corrected chi connectivity index (χ3v) is 5.93. The van der Waals surface area contributed by atoms with E-state index in [2.05, 4.69) is 14.8 Å². The first-order valence-corrected chi connectivity index (χ1v) is 9.96. The molecule has 3 aliphatic rings. The number of benzene rings is 1. The summed E-state index contributed by atoms with van der Waals surface area (Å²) in [5, 5.41) is 0. The van der Waals surface area contributed by atoms with Crippen molar-refractivity contribution in [2.45, 2.75) is 25.7 Å². The number of rotatable bonds is 2. The SMILES string of the molecule is O=C1C2=C(CCN(c3nccc(N4CCCC4)n3)CC2)C(=O)c2ccccc21. The minimum Gasteiger partial charge on any atom is -0.356 e. The van der Waals surface area contributed by atoms with Gasteiger partial charge in [-0.15, -0.1) is 0 Å². The average molecular weight is 374 g/mol. The first-order valence-electron chi connectivity index (χ1n) is 9.96. The van der Waals surface area contributed by atoms with Gasteiger partial charge in [0.25, 0.3) is 0 Å². The van der Waals surface area contributed by atoms with Crippen molar-refractivity contribution in [1.82, 2.24) is 9.97 Å². The van der Waals surface area contributed by atoms with Gasteiger partial charge in [0.05, 0.1) is 0 Å². The van der Waals surface area contributed by atoms with Crippen molar-refractivity contribution >= 4 is 23.3 Å². The summed E-state index contributed by atoms with van der Waals surface area (Å²) >= 11 is 0. The average Bonchev–Trinajstić information content (AvgIpc) is 3.18. The summed E-state index contributed by atoms with van der Waals surface area (Å²) in [5.74, 6) is 1.64. The normalized spacial score (nSPS) is 19.6. The van der Waals surface area contributed by atoms with Gasteiger partial charge in [0.15, 0.2) is 11.6 Å². The van der Waals surface area contributed by atoms with Crippen LogP contribution in [0.4, 0.5) is 11.8 Å². The first-order chi connectivity index (χ1) is 13.7. The summed E-state index contributed by atoms with van der Waals surface area (Å²) < 4.78 is 0. The number of fused-ring (bicyclic) bond motifs is 1. The van der Waals surface area contributed by atoms with Gasteiger partial charge in [-0.05, 0) is 31.7 Å². The number of aromatic nitrogens is 2. The van der Waals surface area contributed by atoms with E-state index in [0.29, 0.717) is 54.2 Å². The minimum atomic E-state index is -0.00112. The molecule has 0 amide bonds. The van der Waals surface area contributed by atoms with E-state index >= 15 is 0 Å². The van der Waals surface area contributed by atoms with Gasteiger partial charge < -0.3 is 9.80 Å². The lowest BCUT2D eigenvalue weighted by atomic mass is 9.82. The summed E-state index contributed by atoms with van der Waals surface area (Å²) in [6.45, 7) is 3.36. The van der Waals surface area contributed by atoms with Gasteiger partial charge in [0.1, 0.15) is 5.82 Å². The van der Waals surface area contributed by atoms with E-state index in [1.54, 1.807) is 18.3 Å². The third-order valence-electron chi connectivity index (χ3n) is 5.93. The molecule has 0 saturated carbocycles. The van der Waals surface area contributed by atoms with Crippen LogP contribution in [0.3, 0.4) is 0 Å². The molecule has 1 saturated heterocycles. The van der Waals surface area contributed by atoms with Crippen molar-refractivity contribution in [2.24, 2.45) is 0 Å². The molecular weight excluding hydrogens is 352 g/mol. The number of anilines is 2. The molecule has 6 heteroatoms. The van der Waals surface area contributed by atoms with E-state index in [0.717, 1.165) is 18.9 Å². The van der Waals surface area contributed by atoms with Crippen LogP contribution in [0.1, 0.15) is 46.4 Å². The second kappa shape index (κ2) is 6.86. The number of Topliss-reactive ketones (excluding diaryl/α,β-unsaturated/α-hetero) is 2. The molecular formula is C22H22N4O2. The molecule has 1 aliphatic carbocycles. The van der Waals surface area contributed by atoms with Crippen LogP contribution in [0.5, 0.6) is 0 Å². The molecule has 0 unspecified atom stereocenters. The zero-order valence-corrected chi connectivity index (χ0v) is 15.7. The Bertz CT molecular complexity index is 943. The Morgan fingerprint density at radius 2 is 1.36 bits per heavy atom. The van der Waals surface area contributed by atoms with Gasteiger partial charge in [0, 0.05) is 54.6 Å². The predicted octanol–water partition coefficient (Wildman–Crippen LogP) is 3.05. The van der Waals surface area contributed by atoms with E-state index in [9.17, 15) is 9.59 Å². The second-order valence-corrected chi connectivity index (χ2v) is 7.56. The Hall–Kier alpha value is -3.02. The molecule has 0 spiro atoms. The Morgan fingerprint density at radius 1 is 0.750 bits per heavy atom. The monoisotopic (exact) mass is 374 g/mol. The molecule has 3 heterocycles. The van der Waals surface area contributed by atoms with Crippen molar-refractivity contribution in [3.63, 3.8) is 0 Å². The lowest BCUT2D eigenvalue weighted by Gasteiger charge is -2.23. The zero-order chi connectivity index (χ0) is 19.1. The molecule has 142 valence electrons. The molecule has 2 aliphatic heterocycles. The lowest BCUT2D eigenvalue weighted by Crippen LogP contribution is -2.28. The standard InChI is InChI=1S/C22H22N4O2/c27-20-15-5-1-2-6-16(15)21(28)18-9-14-26(13-8-17(18)20)22-23-10-7-19(24-22)25-11-3-4-12-25/h1-2,5-7,10H,3-4,8-9,11-14H2. The predicted molar refractivity (Wildman–Crippen MR) is 107 cm³/mol. The van der Waals surface area contributed by atoms with Gasteiger partial charge in [-0.3, -0.25) is 9.59 Å². The topological polar surface area (TPSA) is 66.4 Å². The first kappa shape index (κ1) is 17.1. The Kier molecular flexibility index (Phi) is 4.19. The summed E-state index contributed by atoms with van der Waals surface area (Å²) in [4.78, 5) is 39.5. The van der Waals surface area contributed by atoms with Crippen LogP contribution >= 0.6 is 0 Å². The molecule has 5 rings (SSSR count). The molecule has 2 aromatic rings. The van der Waals surface area contributed by atoms with E-state index in [-0.39, 0.29) is 11.6 Å². The van der Waals surface area contributed by atoms with Crippen molar-refractivity contribution < 1.29 is 9.59 Å². The summed E-state index contributed by atoms with van der Waals surface area (Å²) in [6, 6.07) is 9.10. The molecule has 6 nitrogen and oxygen atoms in total. The van der Waals surface area contributed by atoms with Gasteiger partial charge in [0.2, 0.25) is 5.95 Å². The molecule has 1 fully saturated rings. The van der Waals surface area contributed by atoms with E-state index < -0.39 is 0 Å². The molecule has 1 aromatic heterocycles. The molecule has 0 N–H and O–H groups in total. The molecule has 0 bridgehead atoms. The fourth-order valence-corrected chi connectivity index (χ4v) is 4.43. The van der Waals surface area contributed by atoms with Crippen molar-refractivity contribution in [3.8, 4) is 0 Å². The number of carbonyl (C=O) groups is 2. The highest BCUT2D eigenvalue weighted by Gasteiger charge is 2.33. The number of nitrogens with zero attached hydrogens (tertiary/aromatic N) is 4. The highest BCUT2D eigenvalue weighted by molar-refractivity contribution is 6.27. The number of ketones is 2. The quantitative estimate of drug-likeness (QED) is 0.805. The van der Waals surface area contributed by atoms with Crippen molar-refractivity contribution in [3.05, 3.63) is 58.8 Å². The van der Waals surface area contributed by atoms with Crippen LogP contribution in [-0.2, 0) is 0 Å². The van der Waals surface area contributed by atoms with Crippen LogP contribution in [-0.4, -0.2) is 47.7 Å². The highest BCUT2D eigenvalue weighted by Crippen LogP contribution is 2.32. The van der Waals surface area contributed by atoms with Crippen LogP contribution in [0.15, 0.2) is 47.7 Å². The van der Waals surface area contributed by atoms with E-state index in [4.69, 9.17) is 4.98 Å². The Labute approximate surface area is 163 Å². The molecule has 0 atom stereocenters. The zero-order valence-electron chi connectivity index (χ0n) is 15.7. The number of carbonyl (C=O) groups excluding carboxylic acids is 2. The van der Waals surface area contributed by atoms with Gasteiger partial charge in [-0.1, -0.05) is 24.3 Å². The van der Waals surface area contributed by atoms with Gasteiger partial charge in [-0.2, -0.15) is 4.98 Å². The van der Waals surface area contributed by atoms with Gasteiger partial charge in [-0.25, -0.2) is 4.98 Å². The van der Waals surface area contributed by atoms with E-state index in [1.165, 1.54) is 12.8 Å². The van der Waals surface area contributed by atoms with Crippen LogP contribution in [0.2, 0.25) is 0 Å². The molecule has 1 aromatic carbocycles. The summed E-state index contributed by atoms with van der Waals surface area (Å²) in [5.41, 5.74) is 2.41. The van der Waals surface area contributed by atoms with Crippen LogP contribution in [0, 0.1) is 0 Å². The van der Waals surface area contributed by atoms with Gasteiger partial charge >= 0.3 is 0 Å². The summed E-state index contributed by atoms with van der Waals surface area (Å²) in [6.07, 6.45) is 5.30. The second-order valence-electron chi connectivity index (χ2n) is 7.56. The summed E-state index contributed by atoms with van der Waals surface area (Å²) in [7, 11) is 0. The van der Waals surface area contributed by atoms with Crippen molar-refractivity contribution in [1.29, 1.82) is 0 Å². The minimum absolute atomic E-state index is 0.00112. The lowest BCUT2D eigenvalue weighted by molar-refractivity contribution is 0.0970. The molecule has 0 radical (unpaired) electrons. The van der Waals surface area contributed by atoms with E-state index in [1.807, 2.05) is 18.2 Å². The number of hydrogen-bond donors (Lipinski definition) is 0.